The van der Waals surface area contributed by atoms with E-state index in [1.807, 2.05) is 44.4 Å². The van der Waals surface area contributed by atoms with Crippen molar-refractivity contribution in [2.45, 2.75) is 39.8 Å². The molecule has 0 N–H and O–H groups in total. The molecule has 0 amide bonds. The lowest BCUT2D eigenvalue weighted by molar-refractivity contribution is 0.293. The van der Waals surface area contributed by atoms with E-state index in [1.165, 1.54) is 0 Å². The van der Waals surface area contributed by atoms with Crippen LogP contribution in [0.2, 0.25) is 0 Å². The van der Waals surface area contributed by atoms with Gasteiger partial charge in [0.2, 0.25) is 11.7 Å². The fourth-order valence-electron chi connectivity index (χ4n) is 4.95. The average molecular weight is 504 g/mol. The highest BCUT2D eigenvalue weighted by atomic mass is 16.5. The molecule has 0 saturated heterocycles. The number of rotatable bonds is 5. The van der Waals surface area contributed by atoms with Crippen molar-refractivity contribution in [2.24, 2.45) is 0 Å². The van der Waals surface area contributed by atoms with Gasteiger partial charge in [-0.3, -0.25) is 4.57 Å². The fraction of sp³-hybridized carbons (Fsp3) is 0.207. The summed E-state index contributed by atoms with van der Waals surface area (Å²) in [7, 11) is 0. The molecular weight excluding hydrogens is 478 g/mol. The predicted octanol–water partition coefficient (Wildman–Crippen LogP) is 5.71. The summed E-state index contributed by atoms with van der Waals surface area (Å²) in [5.41, 5.74) is 4.69. The highest BCUT2D eigenvalue weighted by Gasteiger charge is 2.28. The second kappa shape index (κ2) is 8.65. The van der Waals surface area contributed by atoms with Crippen molar-refractivity contribution in [1.82, 2.24) is 34.5 Å². The second-order valence-electron chi connectivity index (χ2n) is 9.83. The van der Waals surface area contributed by atoms with Gasteiger partial charge < -0.3 is 13.8 Å². The first kappa shape index (κ1) is 22.4. The number of aryl methyl sites for hydroxylation is 1. The molecule has 9 nitrogen and oxygen atoms in total. The quantitative estimate of drug-likeness (QED) is 0.297. The maximum absolute atomic E-state index is 6.31. The molecule has 7 rings (SSSR count). The average Bonchev–Trinajstić information content (AvgIpc) is 3.65. The zero-order chi connectivity index (χ0) is 25.8. The van der Waals surface area contributed by atoms with Crippen LogP contribution < -0.4 is 4.74 Å². The lowest BCUT2D eigenvalue weighted by Crippen LogP contribution is -2.11. The van der Waals surface area contributed by atoms with E-state index in [1.54, 1.807) is 0 Å². The van der Waals surface area contributed by atoms with Gasteiger partial charge in [0.15, 0.2) is 11.6 Å². The van der Waals surface area contributed by atoms with Crippen LogP contribution in [0, 0.1) is 6.92 Å². The highest BCUT2D eigenvalue weighted by molar-refractivity contribution is 5.88. The molecule has 1 aliphatic heterocycles. The van der Waals surface area contributed by atoms with Gasteiger partial charge in [0.25, 0.3) is 0 Å². The van der Waals surface area contributed by atoms with Crippen molar-refractivity contribution in [2.75, 3.05) is 0 Å². The first-order chi connectivity index (χ1) is 18.6. The Morgan fingerprint density at radius 2 is 1.89 bits per heavy atom. The minimum Gasteiger partial charge on any atom is -0.485 e. The minimum absolute atomic E-state index is 0.128. The Balaban J connectivity index is 1.33. The predicted molar refractivity (Wildman–Crippen MR) is 142 cm³/mol. The summed E-state index contributed by atoms with van der Waals surface area (Å²) in [6, 6.07) is 20.6. The molecule has 0 bridgehead atoms. The first-order valence-corrected chi connectivity index (χ1v) is 12.6. The van der Waals surface area contributed by atoms with Crippen molar-refractivity contribution in [3.05, 3.63) is 90.0 Å². The normalized spacial score (nSPS) is 12.3. The summed E-state index contributed by atoms with van der Waals surface area (Å²) >= 11 is 0. The Bertz CT molecular complexity index is 1810. The number of fused-ring (bicyclic) bond motifs is 6. The molecule has 0 saturated carbocycles. The molecule has 3 aromatic heterocycles. The van der Waals surface area contributed by atoms with Crippen LogP contribution in [0.3, 0.4) is 0 Å². The van der Waals surface area contributed by atoms with E-state index in [0.29, 0.717) is 24.0 Å². The molecule has 0 atom stereocenters. The maximum Gasteiger partial charge on any atom is 0.229 e. The molecule has 1 aliphatic rings. The van der Waals surface area contributed by atoms with Gasteiger partial charge in [-0.1, -0.05) is 67.0 Å². The first-order valence-electron chi connectivity index (χ1n) is 12.6. The molecule has 188 valence electrons. The van der Waals surface area contributed by atoms with E-state index in [2.05, 4.69) is 72.8 Å². The number of hydrogen-bond donors (Lipinski definition) is 0. The molecular formula is C29H25N7O2. The largest absolute Gasteiger partial charge is 0.485 e. The lowest BCUT2D eigenvalue weighted by atomic mass is 10.1. The van der Waals surface area contributed by atoms with Crippen LogP contribution in [-0.4, -0.2) is 34.5 Å². The monoisotopic (exact) mass is 503 g/mol. The molecule has 0 unspecified atom stereocenters. The third kappa shape index (κ3) is 3.58. The molecule has 0 aliphatic carbocycles. The van der Waals surface area contributed by atoms with E-state index in [0.717, 1.165) is 50.7 Å². The van der Waals surface area contributed by atoms with Crippen LogP contribution in [0.5, 0.6) is 5.75 Å². The number of nitrogens with zero attached hydrogens (tertiary/aromatic N) is 7. The zero-order valence-electron chi connectivity index (χ0n) is 21.3. The number of imidazole rings is 1. The Morgan fingerprint density at radius 3 is 2.76 bits per heavy atom. The van der Waals surface area contributed by atoms with Crippen molar-refractivity contribution in [3.63, 3.8) is 0 Å². The molecule has 0 radical (unpaired) electrons. The van der Waals surface area contributed by atoms with Gasteiger partial charge in [-0.25, -0.2) is 4.98 Å². The van der Waals surface area contributed by atoms with Crippen molar-refractivity contribution >= 4 is 10.8 Å². The Labute approximate surface area is 218 Å². The van der Waals surface area contributed by atoms with Gasteiger partial charge in [0, 0.05) is 16.9 Å². The summed E-state index contributed by atoms with van der Waals surface area (Å²) in [6.45, 7) is 6.87. The summed E-state index contributed by atoms with van der Waals surface area (Å²) in [6.07, 6.45) is 1.82. The van der Waals surface area contributed by atoms with Crippen LogP contribution >= 0.6 is 0 Å². The fourth-order valence-corrected chi connectivity index (χ4v) is 4.95. The van der Waals surface area contributed by atoms with Crippen LogP contribution in [0.15, 0.2) is 71.5 Å². The van der Waals surface area contributed by atoms with Crippen molar-refractivity contribution < 1.29 is 9.26 Å². The van der Waals surface area contributed by atoms with E-state index >= 15 is 0 Å². The number of aromatic nitrogens is 7. The summed E-state index contributed by atoms with van der Waals surface area (Å²) in [4.78, 5) is 9.32. The zero-order valence-corrected chi connectivity index (χ0v) is 21.3. The van der Waals surface area contributed by atoms with Gasteiger partial charge in [-0.2, -0.15) is 4.98 Å². The topological polar surface area (TPSA) is 96.7 Å². The molecule has 3 aromatic carbocycles. The Hall–Kier alpha value is -4.79. The van der Waals surface area contributed by atoms with Gasteiger partial charge in [-0.05, 0) is 30.5 Å². The van der Waals surface area contributed by atoms with Crippen LogP contribution in [0.4, 0.5) is 0 Å². The minimum atomic E-state index is 0.128. The van der Waals surface area contributed by atoms with Crippen molar-refractivity contribution in [1.29, 1.82) is 0 Å². The van der Waals surface area contributed by atoms with E-state index in [4.69, 9.17) is 14.2 Å². The molecule has 38 heavy (non-hydrogen) atoms. The van der Waals surface area contributed by atoms with E-state index in [-0.39, 0.29) is 12.5 Å². The van der Waals surface area contributed by atoms with Crippen LogP contribution in [0.25, 0.3) is 39.4 Å². The standard InChI is InChI=1S/C29H25N7O2/c1-17(2)29-31-27(34-38-29)26-23-14-35-25(15-37-24-10-6-8-19-7-4-5-9-20(19)24)32-33-28(35)21-13-18(3)11-12-22(21)36(23)16-30-26/h4-13,16-17H,14-15H2,1-3H3. The van der Waals surface area contributed by atoms with E-state index in [9.17, 15) is 0 Å². The number of hydrogen-bond acceptors (Lipinski definition) is 7. The lowest BCUT2D eigenvalue weighted by Gasteiger charge is -2.11. The van der Waals surface area contributed by atoms with Crippen LogP contribution in [-0.2, 0) is 13.2 Å². The number of benzene rings is 3. The highest BCUT2D eigenvalue weighted by Crippen LogP contribution is 2.35. The third-order valence-electron chi connectivity index (χ3n) is 6.91. The molecule has 0 spiro atoms. The van der Waals surface area contributed by atoms with Gasteiger partial charge in [-0.15, -0.1) is 10.2 Å². The van der Waals surface area contributed by atoms with Gasteiger partial charge in [0.1, 0.15) is 24.4 Å². The molecule has 0 fully saturated rings. The molecule has 4 heterocycles. The van der Waals surface area contributed by atoms with Crippen molar-refractivity contribution in [3.8, 4) is 34.3 Å². The summed E-state index contributed by atoms with van der Waals surface area (Å²) in [5, 5.41) is 15.6. The number of ether oxygens (including phenoxy) is 1. The van der Waals surface area contributed by atoms with E-state index < -0.39 is 0 Å². The third-order valence-corrected chi connectivity index (χ3v) is 6.91. The molecule has 6 aromatic rings. The maximum atomic E-state index is 6.31. The van der Waals surface area contributed by atoms with Gasteiger partial charge in [0.05, 0.1) is 17.9 Å². The van der Waals surface area contributed by atoms with Gasteiger partial charge >= 0.3 is 0 Å². The Morgan fingerprint density at radius 1 is 1.03 bits per heavy atom. The molecule has 9 heteroatoms. The Kier molecular flexibility index (Phi) is 5.10. The van der Waals surface area contributed by atoms with Crippen LogP contribution in [0.1, 0.15) is 42.7 Å². The smallest absolute Gasteiger partial charge is 0.229 e. The summed E-state index contributed by atoms with van der Waals surface area (Å²) in [5.74, 6) is 3.50. The summed E-state index contributed by atoms with van der Waals surface area (Å²) < 4.78 is 16.0. The second-order valence-corrected chi connectivity index (χ2v) is 9.83. The SMILES string of the molecule is Cc1ccc2c(c1)-c1nnc(COc3cccc4ccccc34)n1Cc1c(-c3noc(C(C)C)n3)ncn1-2.